The van der Waals surface area contributed by atoms with Crippen LogP contribution in [0.25, 0.3) is 11.1 Å². The summed E-state index contributed by atoms with van der Waals surface area (Å²) in [4.78, 5) is 11.7. The molecule has 0 saturated heterocycles. The molecule has 3 N–H and O–H groups in total. The van der Waals surface area contributed by atoms with Crippen molar-refractivity contribution < 1.29 is 9.53 Å². The van der Waals surface area contributed by atoms with Crippen LogP contribution in [0.4, 0.5) is 4.79 Å². The molecule has 25 heavy (non-hydrogen) atoms. The molecule has 0 radical (unpaired) electrons. The van der Waals surface area contributed by atoms with Crippen LogP contribution in [-0.4, -0.2) is 10.6 Å². The van der Waals surface area contributed by atoms with E-state index < -0.39 is 6.03 Å². The first-order valence-electron chi connectivity index (χ1n) is 7.92. The Morgan fingerprint density at radius 3 is 2.24 bits per heavy atom. The number of primary amides is 1. The minimum Gasteiger partial charge on any atom is -0.372 e. The average molecular weight is 333 g/mol. The van der Waals surface area contributed by atoms with Gasteiger partial charge in [0.2, 0.25) is 0 Å². The third-order valence-corrected chi connectivity index (χ3v) is 3.86. The number of nitrogens with one attached hydrogen (secondary N) is 1. The van der Waals surface area contributed by atoms with Crippen LogP contribution in [0.5, 0.6) is 0 Å². The van der Waals surface area contributed by atoms with Gasteiger partial charge >= 0.3 is 6.03 Å². The number of benzene rings is 2. The highest BCUT2D eigenvalue weighted by Gasteiger charge is 2.09. The van der Waals surface area contributed by atoms with Crippen LogP contribution in [0, 0.1) is 5.41 Å². The second-order valence-electron chi connectivity index (χ2n) is 5.66. The van der Waals surface area contributed by atoms with Gasteiger partial charge in [0.25, 0.3) is 0 Å². The van der Waals surface area contributed by atoms with Crippen molar-refractivity contribution >= 4 is 6.03 Å². The van der Waals surface area contributed by atoms with Crippen molar-refractivity contribution in [3.63, 3.8) is 0 Å². The van der Waals surface area contributed by atoms with Gasteiger partial charge in [0.05, 0.1) is 13.2 Å². The summed E-state index contributed by atoms with van der Waals surface area (Å²) in [6.45, 7) is 0.661. The lowest BCUT2D eigenvalue weighted by atomic mass is 10.1. The van der Waals surface area contributed by atoms with Crippen molar-refractivity contribution in [3.05, 3.63) is 89.5 Å². The Labute approximate surface area is 145 Å². The molecule has 0 aliphatic heterocycles. The molecule has 1 aromatic heterocycles. The van der Waals surface area contributed by atoms with Gasteiger partial charge in [-0.3, -0.25) is 9.98 Å². The molecule has 0 saturated carbocycles. The fourth-order valence-corrected chi connectivity index (χ4v) is 2.58. The molecule has 1 amide bonds. The molecule has 0 fully saturated rings. The molecule has 3 aromatic rings. The molecule has 0 unspecified atom stereocenters. The number of rotatable bonds is 5. The van der Waals surface area contributed by atoms with E-state index >= 15 is 0 Å². The van der Waals surface area contributed by atoms with Crippen LogP contribution in [0.1, 0.15) is 11.1 Å². The molecule has 0 aliphatic rings. The summed E-state index contributed by atoms with van der Waals surface area (Å²) in [6, 6.07) is 20.6. The number of ether oxygens (including phenoxy) is 1. The maximum atomic E-state index is 11.7. The first-order valence-corrected chi connectivity index (χ1v) is 7.92. The molecule has 2 aromatic carbocycles. The minimum absolute atomic E-state index is 0.0419. The fraction of sp³-hybridized carbons (Fsp3) is 0.100. The van der Waals surface area contributed by atoms with Gasteiger partial charge in [-0.1, -0.05) is 60.7 Å². The predicted octanol–water partition coefficient (Wildman–Crippen LogP) is 3.28. The molecule has 5 nitrogen and oxygen atoms in total. The molecule has 0 bridgehead atoms. The monoisotopic (exact) mass is 333 g/mol. The Kier molecular flexibility index (Phi) is 5.06. The normalized spacial score (nSPS) is 10.6. The van der Waals surface area contributed by atoms with E-state index in [9.17, 15) is 4.79 Å². The summed E-state index contributed by atoms with van der Waals surface area (Å²) >= 11 is 0. The Morgan fingerprint density at radius 1 is 0.960 bits per heavy atom. The maximum absolute atomic E-state index is 11.7. The van der Waals surface area contributed by atoms with Crippen molar-refractivity contribution in [1.29, 1.82) is 5.41 Å². The van der Waals surface area contributed by atoms with Gasteiger partial charge < -0.3 is 10.5 Å². The van der Waals surface area contributed by atoms with E-state index in [0.717, 1.165) is 21.3 Å². The molecule has 0 aliphatic carbocycles. The van der Waals surface area contributed by atoms with Crippen LogP contribution in [0.2, 0.25) is 0 Å². The minimum atomic E-state index is -0.688. The second-order valence-corrected chi connectivity index (χ2v) is 5.66. The lowest BCUT2D eigenvalue weighted by Crippen LogP contribution is -2.33. The Morgan fingerprint density at radius 2 is 1.60 bits per heavy atom. The van der Waals surface area contributed by atoms with Gasteiger partial charge in [0.15, 0.2) is 0 Å². The summed E-state index contributed by atoms with van der Waals surface area (Å²) in [5.74, 6) is 0. The molecule has 1 heterocycles. The second kappa shape index (κ2) is 7.59. The van der Waals surface area contributed by atoms with Crippen molar-refractivity contribution in [1.82, 2.24) is 4.57 Å². The molecule has 126 valence electrons. The quantitative estimate of drug-likeness (QED) is 0.751. The van der Waals surface area contributed by atoms with Crippen LogP contribution < -0.4 is 11.2 Å². The molecular formula is C20H19N3O2. The van der Waals surface area contributed by atoms with Gasteiger partial charge in [-0.05, 0) is 22.8 Å². The number of hydrogen-bond acceptors (Lipinski definition) is 3. The van der Waals surface area contributed by atoms with E-state index in [0.29, 0.717) is 12.2 Å². The number of carbonyl (C=O) groups is 1. The number of nitrogens with zero attached hydrogens (tertiary/aromatic N) is 1. The molecule has 0 spiro atoms. The van der Waals surface area contributed by atoms with E-state index in [1.807, 2.05) is 66.7 Å². The van der Waals surface area contributed by atoms with Gasteiger partial charge in [-0.25, -0.2) is 4.79 Å². The topological polar surface area (TPSA) is 81.1 Å². The summed E-state index contributed by atoms with van der Waals surface area (Å²) in [6.07, 6.45) is 1.58. The van der Waals surface area contributed by atoms with Crippen LogP contribution in [-0.2, 0) is 18.0 Å². The average Bonchev–Trinajstić information content (AvgIpc) is 2.64. The summed E-state index contributed by atoms with van der Waals surface area (Å²) in [5.41, 5.74) is 8.87. The highest BCUT2D eigenvalue weighted by atomic mass is 16.5. The molecule has 5 heteroatoms. The van der Waals surface area contributed by atoms with Crippen molar-refractivity contribution in [2.75, 3.05) is 0 Å². The standard InChI is InChI=1S/C20H19N3O2/c21-19-18(14-25-13-15-7-3-1-4-8-15)11-17(12-23(19)20(22)24)16-9-5-2-6-10-16/h1-12,21H,13-14H2,(H2,22,24). The molecule has 3 rings (SSSR count). The van der Waals surface area contributed by atoms with Crippen LogP contribution in [0.3, 0.4) is 0 Å². The van der Waals surface area contributed by atoms with E-state index in [1.54, 1.807) is 6.20 Å². The number of pyridine rings is 1. The lowest BCUT2D eigenvalue weighted by Gasteiger charge is -2.12. The van der Waals surface area contributed by atoms with Crippen molar-refractivity contribution in [2.24, 2.45) is 5.73 Å². The van der Waals surface area contributed by atoms with Gasteiger partial charge in [-0.15, -0.1) is 0 Å². The van der Waals surface area contributed by atoms with Gasteiger partial charge in [0, 0.05) is 11.8 Å². The Bertz CT molecular complexity index is 919. The molecule has 0 atom stereocenters. The summed E-state index contributed by atoms with van der Waals surface area (Å²) in [7, 11) is 0. The highest BCUT2D eigenvalue weighted by Crippen LogP contribution is 2.19. The Hall–Kier alpha value is -3.18. The van der Waals surface area contributed by atoms with E-state index in [4.69, 9.17) is 15.9 Å². The summed E-state index contributed by atoms with van der Waals surface area (Å²) in [5, 5.41) is 8.20. The number of amides is 1. The zero-order chi connectivity index (χ0) is 17.6. The van der Waals surface area contributed by atoms with E-state index in [1.165, 1.54) is 0 Å². The third-order valence-electron chi connectivity index (χ3n) is 3.86. The predicted molar refractivity (Wildman–Crippen MR) is 95.6 cm³/mol. The number of nitrogens with two attached hydrogens (primary N) is 1. The molecular weight excluding hydrogens is 314 g/mol. The van der Waals surface area contributed by atoms with Crippen molar-refractivity contribution in [3.8, 4) is 11.1 Å². The number of aromatic nitrogens is 1. The van der Waals surface area contributed by atoms with Crippen molar-refractivity contribution in [2.45, 2.75) is 13.2 Å². The smallest absolute Gasteiger partial charge is 0.324 e. The van der Waals surface area contributed by atoms with E-state index in [2.05, 4.69) is 0 Å². The Balaban J connectivity index is 1.88. The van der Waals surface area contributed by atoms with E-state index in [-0.39, 0.29) is 12.1 Å². The number of carbonyl (C=O) groups excluding carboxylic acids is 1. The summed E-state index contributed by atoms with van der Waals surface area (Å²) < 4.78 is 6.87. The SMILES string of the molecule is N=c1c(COCc2ccccc2)cc(-c2ccccc2)cn1C(N)=O. The van der Waals surface area contributed by atoms with Crippen LogP contribution in [0.15, 0.2) is 72.9 Å². The van der Waals surface area contributed by atoms with Gasteiger partial charge in [0.1, 0.15) is 5.49 Å². The highest BCUT2D eigenvalue weighted by molar-refractivity contribution is 5.76. The lowest BCUT2D eigenvalue weighted by molar-refractivity contribution is 0.106. The fourth-order valence-electron chi connectivity index (χ4n) is 2.58. The van der Waals surface area contributed by atoms with Gasteiger partial charge in [-0.2, -0.15) is 0 Å². The maximum Gasteiger partial charge on any atom is 0.324 e. The largest absolute Gasteiger partial charge is 0.372 e. The zero-order valence-corrected chi connectivity index (χ0v) is 13.7. The first kappa shape index (κ1) is 16.7. The zero-order valence-electron chi connectivity index (χ0n) is 13.7. The van der Waals surface area contributed by atoms with Crippen LogP contribution >= 0.6 is 0 Å². The first-order chi connectivity index (χ1) is 12.1. The number of hydrogen-bond donors (Lipinski definition) is 2. The third kappa shape index (κ3) is 4.02.